The van der Waals surface area contributed by atoms with Gasteiger partial charge in [-0.3, -0.25) is 14.9 Å². The van der Waals surface area contributed by atoms with Gasteiger partial charge in [-0.05, 0) is 24.1 Å². The highest BCUT2D eigenvalue weighted by molar-refractivity contribution is 7.89. The lowest BCUT2D eigenvalue weighted by atomic mass is 10.1. The maximum atomic E-state index is 11.6. The second kappa shape index (κ2) is 9.55. The van der Waals surface area contributed by atoms with E-state index >= 15 is 0 Å². The Balaban J connectivity index is 2.34. The van der Waals surface area contributed by atoms with Crippen molar-refractivity contribution in [2.24, 2.45) is 5.14 Å². The number of primary sulfonamides is 1. The van der Waals surface area contributed by atoms with E-state index in [1.54, 1.807) is 0 Å². The molecule has 10 heteroatoms. The quantitative estimate of drug-likeness (QED) is 0.428. The van der Waals surface area contributed by atoms with Crippen LogP contribution in [0, 0.1) is 0 Å². The fraction of sp³-hybridized carbons (Fsp3) is 0.267. The van der Waals surface area contributed by atoms with Gasteiger partial charge in [0.25, 0.3) is 5.91 Å². The summed E-state index contributed by atoms with van der Waals surface area (Å²) in [6, 6.07) is 5.03. The predicted molar refractivity (Wildman–Crippen MR) is 88.8 cm³/mol. The molecule has 25 heavy (non-hydrogen) atoms. The molecule has 0 atom stereocenters. The molecular formula is C15H19N3O6S. The van der Waals surface area contributed by atoms with Gasteiger partial charge in [0, 0.05) is 13.0 Å². The number of nitrogens with one attached hydrogen (secondary N) is 2. The molecule has 0 aliphatic heterocycles. The smallest absolute Gasteiger partial charge is 0.321 e. The lowest BCUT2D eigenvalue weighted by molar-refractivity contribution is -0.148. The minimum atomic E-state index is -3.76. The number of aryl methyl sites for hydroxylation is 1. The molecule has 0 aliphatic carbocycles. The monoisotopic (exact) mass is 369 g/mol. The highest BCUT2D eigenvalue weighted by atomic mass is 32.2. The van der Waals surface area contributed by atoms with Crippen LogP contribution in [0.4, 0.5) is 4.79 Å². The van der Waals surface area contributed by atoms with Gasteiger partial charge in [0.1, 0.15) is 0 Å². The average Bonchev–Trinajstić information content (AvgIpc) is 2.55. The number of hydrogen-bond acceptors (Lipinski definition) is 6. The largest absolute Gasteiger partial charge is 0.456 e. The molecule has 0 fully saturated rings. The van der Waals surface area contributed by atoms with Crippen LogP contribution in [-0.4, -0.2) is 39.5 Å². The summed E-state index contributed by atoms with van der Waals surface area (Å²) in [6.07, 6.45) is 1.73. The van der Waals surface area contributed by atoms with Crippen molar-refractivity contribution in [1.29, 1.82) is 0 Å². The van der Waals surface area contributed by atoms with Crippen molar-refractivity contribution in [3.63, 3.8) is 0 Å². The second-order valence-electron chi connectivity index (χ2n) is 4.90. The molecule has 0 aliphatic rings. The second-order valence-corrected chi connectivity index (χ2v) is 6.46. The molecule has 0 unspecified atom stereocenters. The van der Waals surface area contributed by atoms with E-state index in [1.165, 1.54) is 30.3 Å². The molecule has 1 aromatic rings. The lowest BCUT2D eigenvalue weighted by Gasteiger charge is -2.06. The molecular weight excluding hydrogens is 350 g/mol. The summed E-state index contributed by atoms with van der Waals surface area (Å²) in [4.78, 5) is 34.1. The molecule has 1 aromatic carbocycles. The number of benzene rings is 1. The van der Waals surface area contributed by atoms with E-state index in [4.69, 9.17) is 9.88 Å². The molecule has 0 aromatic heterocycles. The van der Waals surface area contributed by atoms with Crippen LogP contribution in [0.2, 0.25) is 0 Å². The van der Waals surface area contributed by atoms with Crippen LogP contribution in [0.1, 0.15) is 12.0 Å². The molecule has 136 valence electrons. The number of esters is 1. The van der Waals surface area contributed by atoms with Gasteiger partial charge in [0.2, 0.25) is 10.0 Å². The Kier molecular flexibility index (Phi) is 7.76. The summed E-state index contributed by atoms with van der Waals surface area (Å²) in [5.41, 5.74) is 0.706. The van der Waals surface area contributed by atoms with E-state index in [1.807, 2.05) is 5.32 Å². The fourth-order valence-corrected chi connectivity index (χ4v) is 2.20. The van der Waals surface area contributed by atoms with Crippen LogP contribution >= 0.6 is 0 Å². The summed E-state index contributed by atoms with van der Waals surface area (Å²) >= 11 is 0. The topological polar surface area (TPSA) is 145 Å². The summed E-state index contributed by atoms with van der Waals surface area (Å²) in [5, 5.41) is 9.30. The summed E-state index contributed by atoms with van der Waals surface area (Å²) < 4.78 is 27.0. The number of carbonyl (C=O) groups excluding carboxylic acids is 3. The van der Waals surface area contributed by atoms with Crippen LogP contribution in [0.25, 0.3) is 0 Å². The maximum absolute atomic E-state index is 11.6. The van der Waals surface area contributed by atoms with Crippen molar-refractivity contribution >= 4 is 27.9 Å². The number of imide groups is 1. The number of carbonyl (C=O) groups is 3. The van der Waals surface area contributed by atoms with Gasteiger partial charge in [-0.2, -0.15) is 0 Å². The first-order chi connectivity index (χ1) is 11.7. The molecule has 3 amide bonds. The normalized spacial score (nSPS) is 10.6. The zero-order valence-corrected chi connectivity index (χ0v) is 14.2. The van der Waals surface area contributed by atoms with Crippen LogP contribution in [0.15, 0.2) is 41.8 Å². The Morgan fingerprint density at radius 3 is 2.40 bits per heavy atom. The van der Waals surface area contributed by atoms with E-state index in [2.05, 4.69) is 11.9 Å². The van der Waals surface area contributed by atoms with Gasteiger partial charge in [-0.25, -0.2) is 18.4 Å². The van der Waals surface area contributed by atoms with Gasteiger partial charge in [0.15, 0.2) is 6.61 Å². The number of rotatable bonds is 8. The third kappa shape index (κ3) is 8.08. The van der Waals surface area contributed by atoms with Gasteiger partial charge in [0.05, 0.1) is 4.90 Å². The molecule has 0 saturated carbocycles. The molecule has 0 saturated heterocycles. The van der Waals surface area contributed by atoms with Gasteiger partial charge in [-0.15, -0.1) is 6.58 Å². The zero-order chi connectivity index (χ0) is 18.9. The van der Waals surface area contributed by atoms with E-state index < -0.39 is 34.5 Å². The highest BCUT2D eigenvalue weighted by Crippen LogP contribution is 2.10. The first kappa shape index (κ1) is 20.3. The van der Waals surface area contributed by atoms with Crippen molar-refractivity contribution in [1.82, 2.24) is 10.6 Å². The predicted octanol–water partition coefficient (Wildman–Crippen LogP) is -0.178. The van der Waals surface area contributed by atoms with Crippen molar-refractivity contribution in [3.8, 4) is 0 Å². The number of amides is 3. The third-order valence-electron chi connectivity index (χ3n) is 2.89. The Labute approximate surface area is 145 Å². The molecule has 4 N–H and O–H groups in total. The van der Waals surface area contributed by atoms with Crippen molar-refractivity contribution in [2.75, 3.05) is 13.2 Å². The van der Waals surface area contributed by atoms with E-state index in [0.717, 1.165) is 0 Å². The molecule has 0 radical (unpaired) electrons. The van der Waals surface area contributed by atoms with Gasteiger partial charge in [-0.1, -0.05) is 18.2 Å². The Bertz CT molecular complexity index is 743. The average molecular weight is 369 g/mol. The Morgan fingerprint density at radius 1 is 1.20 bits per heavy atom. The van der Waals surface area contributed by atoms with E-state index in [-0.39, 0.29) is 17.9 Å². The van der Waals surface area contributed by atoms with E-state index in [9.17, 15) is 22.8 Å². The standard InChI is InChI=1S/C15H19N3O6S/c1-2-9-17-15(21)18-13(19)10-24-14(20)8-5-11-3-6-12(7-4-11)25(16,22)23/h2-4,6-7H,1,5,8-10H2,(H2,16,22,23)(H2,17,18,19,21). The number of hydrogen-bond donors (Lipinski definition) is 3. The summed E-state index contributed by atoms with van der Waals surface area (Å²) in [5.74, 6) is -1.38. The van der Waals surface area contributed by atoms with Crippen LogP contribution in [-0.2, 0) is 30.8 Å². The summed E-state index contributed by atoms with van der Waals surface area (Å²) in [6.45, 7) is 3.02. The molecule has 1 rings (SSSR count). The first-order valence-electron chi connectivity index (χ1n) is 7.18. The third-order valence-corrected chi connectivity index (χ3v) is 3.82. The number of ether oxygens (including phenoxy) is 1. The van der Waals surface area contributed by atoms with Gasteiger partial charge >= 0.3 is 12.0 Å². The SMILES string of the molecule is C=CCNC(=O)NC(=O)COC(=O)CCc1ccc(S(N)(=O)=O)cc1. The van der Waals surface area contributed by atoms with E-state index in [0.29, 0.717) is 12.0 Å². The fourth-order valence-electron chi connectivity index (χ4n) is 1.68. The molecule has 0 heterocycles. The Morgan fingerprint density at radius 2 is 1.84 bits per heavy atom. The van der Waals surface area contributed by atoms with Crippen molar-refractivity contribution in [3.05, 3.63) is 42.5 Å². The van der Waals surface area contributed by atoms with Crippen LogP contribution in [0.3, 0.4) is 0 Å². The van der Waals surface area contributed by atoms with Crippen molar-refractivity contribution < 1.29 is 27.5 Å². The van der Waals surface area contributed by atoms with Gasteiger partial charge < -0.3 is 10.1 Å². The first-order valence-corrected chi connectivity index (χ1v) is 8.73. The zero-order valence-electron chi connectivity index (χ0n) is 13.4. The highest BCUT2D eigenvalue weighted by Gasteiger charge is 2.11. The van der Waals surface area contributed by atoms with Crippen molar-refractivity contribution in [2.45, 2.75) is 17.7 Å². The minimum Gasteiger partial charge on any atom is -0.456 e. The number of sulfonamides is 1. The van der Waals surface area contributed by atoms with Crippen LogP contribution in [0.5, 0.6) is 0 Å². The summed E-state index contributed by atoms with van der Waals surface area (Å²) in [7, 11) is -3.76. The number of urea groups is 1. The minimum absolute atomic E-state index is 0.00926. The lowest BCUT2D eigenvalue weighted by Crippen LogP contribution is -2.41. The number of nitrogens with two attached hydrogens (primary N) is 1. The molecule has 9 nitrogen and oxygen atoms in total. The molecule has 0 bridgehead atoms. The van der Waals surface area contributed by atoms with Crippen LogP contribution < -0.4 is 15.8 Å². The molecule has 0 spiro atoms. The Hall–Kier alpha value is -2.72. The maximum Gasteiger partial charge on any atom is 0.321 e.